The largest absolute Gasteiger partial charge is 0.383 e. The molecule has 7 rings (SSSR count). The van der Waals surface area contributed by atoms with Gasteiger partial charge in [-0.25, -0.2) is 0 Å². The zero-order chi connectivity index (χ0) is 33.2. The van der Waals surface area contributed by atoms with Crippen molar-refractivity contribution < 1.29 is 28.7 Å². The van der Waals surface area contributed by atoms with Gasteiger partial charge in [0.2, 0.25) is 0 Å². The van der Waals surface area contributed by atoms with Gasteiger partial charge in [0.1, 0.15) is 0 Å². The van der Waals surface area contributed by atoms with Crippen molar-refractivity contribution in [1.29, 1.82) is 0 Å². The molecule has 0 spiro atoms. The summed E-state index contributed by atoms with van der Waals surface area (Å²) in [5, 5.41) is 4.33. The molecule has 5 aliphatic heterocycles. The second kappa shape index (κ2) is 14.6. The fraction of sp³-hybridized carbons (Fsp3) is 0.600. The Bertz CT molecular complexity index is 1560. The Morgan fingerprint density at radius 3 is 1.67 bits per heavy atom. The summed E-state index contributed by atoms with van der Waals surface area (Å²) >= 11 is 0. The van der Waals surface area contributed by atoms with Gasteiger partial charge in [-0.15, -0.1) is 0 Å². The molecular formula is C35H47N7O6. The van der Waals surface area contributed by atoms with Gasteiger partial charge in [0.25, 0.3) is 23.6 Å². The summed E-state index contributed by atoms with van der Waals surface area (Å²) < 4.78 is 10.9. The van der Waals surface area contributed by atoms with Crippen LogP contribution in [0.15, 0.2) is 18.2 Å². The number of carbonyl (C=O) groups is 4. The summed E-state index contributed by atoms with van der Waals surface area (Å²) in [5.74, 6) is -1.52. The van der Waals surface area contributed by atoms with Crippen LogP contribution in [0.4, 0.5) is 5.69 Å². The van der Waals surface area contributed by atoms with Crippen molar-refractivity contribution in [2.24, 2.45) is 0 Å². The third-order valence-corrected chi connectivity index (χ3v) is 10.4. The fourth-order valence-electron chi connectivity index (χ4n) is 7.59. The van der Waals surface area contributed by atoms with E-state index in [0.717, 1.165) is 72.0 Å². The number of benzene rings is 2. The van der Waals surface area contributed by atoms with Crippen LogP contribution in [0.1, 0.15) is 54.3 Å². The molecule has 48 heavy (non-hydrogen) atoms. The second-order valence-electron chi connectivity index (χ2n) is 13.5. The predicted molar refractivity (Wildman–Crippen MR) is 181 cm³/mol. The normalized spacial score (nSPS) is 21.5. The zero-order valence-electron chi connectivity index (χ0n) is 28.0. The van der Waals surface area contributed by atoms with Crippen LogP contribution in [0.5, 0.6) is 0 Å². The number of ether oxygens (including phenoxy) is 2. The molecule has 5 aliphatic rings. The van der Waals surface area contributed by atoms with E-state index in [9.17, 15) is 19.2 Å². The first-order valence-electron chi connectivity index (χ1n) is 17.5. The molecule has 3 saturated heterocycles. The van der Waals surface area contributed by atoms with E-state index < -0.39 is 0 Å². The molecule has 3 fully saturated rings. The van der Waals surface area contributed by atoms with Crippen molar-refractivity contribution in [2.45, 2.75) is 12.8 Å². The lowest BCUT2D eigenvalue weighted by atomic mass is 9.84. The third kappa shape index (κ3) is 6.59. The van der Waals surface area contributed by atoms with Crippen molar-refractivity contribution in [1.82, 2.24) is 29.4 Å². The molecule has 0 radical (unpaired) electrons. The average Bonchev–Trinajstić information content (AvgIpc) is 3.11. The first kappa shape index (κ1) is 33.1. The number of hydrogen-bond donors (Lipinski definition) is 1. The Balaban J connectivity index is 1.17. The minimum atomic E-state index is -0.381. The number of piperazine rings is 1. The molecule has 0 atom stereocenters. The molecule has 258 valence electrons. The van der Waals surface area contributed by atoms with Gasteiger partial charge in [-0.2, -0.15) is 0 Å². The van der Waals surface area contributed by atoms with Gasteiger partial charge in [-0.3, -0.25) is 43.7 Å². The lowest BCUT2D eigenvalue weighted by molar-refractivity contribution is 0.0351. The zero-order valence-corrected chi connectivity index (χ0v) is 28.0. The maximum atomic E-state index is 14.3. The van der Waals surface area contributed by atoms with E-state index >= 15 is 0 Å². The summed E-state index contributed by atoms with van der Waals surface area (Å²) in [6, 6.07) is 5.08. The number of likely N-dealkylation sites (N-methyl/N-ethyl adjacent to an activating group) is 1. The number of amides is 4. The van der Waals surface area contributed by atoms with Crippen molar-refractivity contribution in [3.05, 3.63) is 40.5 Å². The molecule has 0 aliphatic carbocycles. The monoisotopic (exact) mass is 661 g/mol. The van der Waals surface area contributed by atoms with Crippen LogP contribution >= 0.6 is 0 Å². The number of imide groups is 2. The minimum absolute atomic E-state index is 0.287. The summed E-state index contributed by atoms with van der Waals surface area (Å²) in [4.78, 5) is 68.1. The molecule has 0 aromatic heterocycles. The van der Waals surface area contributed by atoms with Crippen molar-refractivity contribution in [2.75, 3.05) is 130 Å². The highest BCUT2D eigenvalue weighted by Crippen LogP contribution is 2.41. The first-order chi connectivity index (χ1) is 23.4. The van der Waals surface area contributed by atoms with Crippen molar-refractivity contribution >= 4 is 40.1 Å². The molecule has 2 aromatic rings. The number of nitrogens with zero attached hydrogens (tertiary/aromatic N) is 6. The summed E-state index contributed by atoms with van der Waals surface area (Å²) in [6.45, 7) is 13.5. The second-order valence-corrected chi connectivity index (χ2v) is 13.5. The van der Waals surface area contributed by atoms with Crippen molar-refractivity contribution in [3.8, 4) is 0 Å². The Morgan fingerprint density at radius 1 is 0.583 bits per heavy atom. The van der Waals surface area contributed by atoms with E-state index in [-0.39, 0.29) is 30.2 Å². The fourth-order valence-corrected chi connectivity index (χ4v) is 7.59. The lowest BCUT2D eigenvalue weighted by Gasteiger charge is -2.34. The molecule has 13 heteroatoms. The van der Waals surface area contributed by atoms with E-state index in [2.05, 4.69) is 32.0 Å². The number of anilines is 1. The molecule has 4 amide bonds. The quantitative estimate of drug-likeness (QED) is 0.330. The highest BCUT2D eigenvalue weighted by Gasteiger charge is 2.41. The highest BCUT2D eigenvalue weighted by atomic mass is 16.5. The Labute approximate surface area is 281 Å². The number of morpholine rings is 2. The maximum absolute atomic E-state index is 14.3. The molecular weight excluding hydrogens is 614 g/mol. The molecule has 1 N–H and O–H groups in total. The lowest BCUT2D eigenvalue weighted by Crippen LogP contribution is -2.46. The SMILES string of the molecule is CN1CCN(CCNc2cc3c4c(ccc5c4c2C(=O)N(CCCN2CCOCC2)C5=O)C(=O)N(CCCN2CCOCC2)C3=O)CC1. The number of nitrogens with one attached hydrogen (secondary N) is 1. The Kier molecular flexibility index (Phi) is 10.0. The Hall–Kier alpha value is -3.46. The van der Waals surface area contributed by atoms with Crippen molar-refractivity contribution in [3.63, 3.8) is 0 Å². The van der Waals surface area contributed by atoms with Gasteiger partial charge in [0.15, 0.2) is 0 Å². The van der Waals surface area contributed by atoms with Gasteiger partial charge < -0.3 is 19.7 Å². The van der Waals surface area contributed by atoms with Gasteiger partial charge in [-0.1, -0.05) is 0 Å². The maximum Gasteiger partial charge on any atom is 0.263 e. The molecule has 0 saturated carbocycles. The summed E-state index contributed by atoms with van der Waals surface area (Å²) in [6.07, 6.45) is 1.30. The van der Waals surface area contributed by atoms with Crippen LogP contribution < -0.4 is 5.32 Å². The topological polar surface area (TPSA) is 118 Å². The number of rotatable bonds is 12. The van der Waals surface area contributed by atoms with Crippen LogP contribution in [-0.2, 0) is 9.47 Å². The standard InChI is InChI=1S/C35H47N7O6/c1-37-12-14-40(15-13-37)11-6-36-28-24-27-29-25(32(43)41(34(27)45)9-2-7-38-16-20-47-21-17-38)4-5-26-30(29)31(28)35(46)42(33(26)44)10-3-8-39-18-22-48-23-19-39/h4-5,24,36H,2-3,6-23H2,1H3. The van der Waals surface area contributed by atoms with Crippen LogP contribution in [0.25, 0.3) is 10.8 Å². The molecule has 5 heterocycles. The van der Waals surface area contributed by atoms with E-state index in [0.29, 0.717) is 91.1 Å². The average molecular weight is 662 g/mol. The smallest absolute Gasteiger partial charge is 0.263 e. The van der Waals surface area contributed by atoms with E-state index in [4.69, 9.17) is 9.47 Å². The molecule has 13 nitrogen and oxygen atoms in total. The van der Waals surface area contributed by atoms with E-state index in [1.165, 1.54) is 9.80 Å². The summed E-state index contributed by atoms with van der Waals surface area (Å²) in [7, 11) is 2.13. The Morgan fingerprint density at radius 2 is 1.08 bits per heavy atom. The van der Waals surface area contributed by atoms with Gasteiger partial charge in [-0.05, 0) is 38.1 Å². The first-order valence-corrected chi connectivity index (χ1v) is 17.5. The van der Waals surface area contributed by atoms with Gasteiger partial charge in [0, 0.05) is 119 Å². The summed E-state index contributed by atoms with van der Waals surface area (Å²) in [5.41, 5.74) is 1.99. The molecule has 0 bridgehead atoms. The number of carbonyl (C=O) groups excluding carboxylic acids is 4. The predicted octanol–water partition coefficient (Wildman–Crippen LogP) is 1.14. The molecule has 2 aromatic carbocycles. The van der Waals surface area contributed by atoms with Crippen LogP contribution in [0.2, 0.25) is 0 Å². The minimum Gasteiger partial charge on any atom is -0.383 e. The third-order valence-electron chi connectivity index (χ3n) is 10.4. The van der Waals surface area contributed by atoms with E-state index in [1.807, 2.05) is 0 Å². The van der Waals surface area contributed by atoms with E-state index in [1.54, 1.807) is 18.2 Å². The van der Waals surface area contributed by atoms with Crippen LogP contribution in [-0.4, -0.2) is 178 Å². The van der Waals surface area contributed by atoms with Crippen LogP contribution in [0.3, 0.4) is 0 Å². The molecule has 0 unspecified atom stereocenters. The van der Waals surface area contributed by atoms with Gasteiger partial charge >= 0.3 is 0 Å². The van der Waals surface area contributed by atoms with Crippen LogP contribution in [0, 0.1) is 0 Å². The van der Waals surface area contributed by atoms with Gasteiger partial charge in [0.05, 0.1) is 37.6 Å². The number of hydrogen-bond acceptors (Lipinski definition) is 11. The highest BCUT2D eigenvalue weighted by molar-refractivity contribution is 6.34.